The highest BCUT2D eigenvalue weighted by atomic mass is 19.1. The zero-order chi connectivity index (χ0) is 24.1. The maximum atomic E-state index is 14.2. The molecule has 6 heteroatoms. The Labute approximate surface area is 196 Å². The number of nitrogens with one attached hydrogen (secondary N) is 1. The van der Waals surface area contributed by atoms with E-state index in [0.717, 1.165) is 23.1 Å². The largest absolute Gasteiger partial charge is 0.481 e. The summed E-state index contributed by atoms with van der Waals surface area (Å²) in [5.41, 5.74) is 2.75. The van der Waals surface area contributed by atoms with Crippen LogP contribution in [0.3, 0.4) is 0 Å². The Balaban J connectivity index is 1.99. The molecule has 2 aromatic rings. The first-order valence-corrected chi connectivity index (χ1v) is 11.8. The van der Waals surface area contributed by atoms with Gasteiger partial charge in [-0.2, -0.15) is 0 Å². The number of hydrogen-bond donors (Lipinski definition) is 1. The van der Waals surface area contributed by atoms with Crippen molar-refractivity contribution in [3.05, 3.63) is 65.0 Å². The van der Waals surface area contributed by atoms with Crippen LogP contribution in [-0.4, -0.2) is 35.4 Å². The zero-order valence-corrected chi connectivity index (χ0v) is 20.2. The van der Waals surface area contributed by atoms with Gasteiger partial charge in [0.15, 0.2) is 6.10 Å². The van der Waals surface area contributed by atoms with E-state index >= 15 is 0 Å². The first-order valence-electron chi connectivity index (χ1n) is 11.8. The van der Waals surface area contributed by atoms with Crippen LogP contribution in [-0.2, 0) is 16.0 Å². The summed E-state index contributed by atoms with van der Waals surface area (Å²) in [6.07, 6.45) is 1.07. The summed E-state index contributed by atoms with van der Waals surface area (Å²) < 4.78 is 20.2. The minimum atomic E-state index is -0.611. The van der Waals surface area contributed by atoms with Gasteiger partial charge in [-0.3, -0.25) is 9.59 Å². The van der Waals surface area contributed by atoms with Crippen molar-refractivity contribution in [2.24, 2.45) is 5.92 Å². The molecule has 0 unspecified atom stereocenters. The van der Waals surface area contributed by atoms with Crippen molar-refractivity contribution in [1.82, 2.24) is 10.2 Å². The van der Waals surface area contributed by atoms with E-state index in [1.807, 2.05) is 63.8 Å². The van der Waals surface area contributed by atoms with Crippen molar-refractivity contribution in [2.75, 3.05) is 6.54 Å². The number of carbonyl (C=O) groups is 2. The second-order valence-electron chi connectivity index (χ2n) is 9.43. The lowest BCUT2D eigenvalue weighted by molar-refractivity contribution is -0.134. The molecule has 0 fully saturated rings. The molecule has 178 valence electrons. The average Bonchev–Trinajstić information content (AvgIpc) is 2.75. The summed E-state index contributed by atoms with van der Waals surface area (Å²) in [7, 11) is 0. The fourth-order valence-electron chi connectivity index (χ4n) is 4.30. The molecular formula is C27H35FN2O3. The van der Waals surface area contributed by atoms with Gasteiger partial charge in [0.25, 0.3) is 5.91 Å². The van der Waals surface area contributed by atoms with E-state index < -0.39 is 12.1 Å². The van der Waals surface area contributed by atoms with E-state index in [-0.39, 0.29) is 29.6 Å². The van der Waals surface area contributed by atoms with E-state index in [0.29, 0.717) is 25.1 Å². The van der Waals surface area contributed by atoms with Crippen LogP contribution in [0.5, 0.6) is 5.75 Å². The van der Waals surface area contributed by atoms with Gasteiger partial charge in [-0.05, 0) is 73.6 Å². The van der Waals surface area contributed by atoms with Gasteiger partial charge in [0.05, 0.1) is 6.04 Å². The van der Waals surface area contributed by atoms with Crippen molar-refractivity contribution in [3.8, 4) is 5.75 Å². The number of amides is 2. The molecule has 1 heterocycles. The maximum absolute atomic E-state index is 14.2. The molecule has 2 aromatic carbocycles. The van der Waals surface area contributed by atoms with Crippen molar-refractivity contribution < 1.29 is 18.7 Å². The second-order valence-corrected chi connectivity index (χ2v) is 9.43. The number of carbonyl (C=O) groups excluding carboxylic acids is 2. The maximum Gasteiger partial charge on any atom is 0.261 e. The smallest absolute Gasteiger partial charge is 0.261 e. The van der Waals surface area contributed by atoms with E-state index in [9.17, 15) is 14.0 Å². The molecule has 1 aliphatic rings. The molecule has 1 aliphatic heterocycles. The van der Waals surface area contributed by atoms with Crippen molar-refractivity contribution in [2.45, 2.75) is 72.1 Å². The molecule has 0 bridgehead atoms. The van der Waals surface area contributed by atoms with E-state index in [1.165, 1.54) is 12.1 Å². The highest BCUT2D eigenvalue weighted by Gasteiger charge is 2.33. The van der Waals surface area contributed by atoms with Gasteiger partial charge in [0.1, 0.15) is 11.6 Å². The number of benzene rings is 2. The Kier molecular flexibility index (Phi) is 8.11. The summed E-state index contributed by atoms with van der Waals surface area (Å²) in [4.78, 5) is 27.5. The van der Waals surface area contributed by atoms with Crippen molar-refractivity contribution in [1.29, 1.82) is 0 Å². The molecule has 0 aliphatic carbocycles. The van der Waals surface area contributed by atoms with Crippen molar-refractivity contribution >= 4 is 11.8 Å². The van der Waals surface area contributed by atoms with Crippen LogP contribution in [0, 0.1) is 11.7 Å². The van der Waals surface area contributed by atoms with Gasteiger partial charge in [-0.1, -0.05) is 39.0 Å². The van der Waals surface area contributed by atoms with Crippen LogP contribution in [0.15, 0.2) is 42.5 Å². The second kappa shape index (κ2) is 10.8. The number of halogens is 1. The molecule has 1 N–H and O–H groups in total. The van der Waals surface area contributed by atoms with Crippen molar-refractivity contribution in [3.63, 3.8) is 0 Å². The lowest BCUT2D eigenvalue weighted by atomic mass is 9.87. The Morgan fingerprint density at radius 1 is 1.15 bits per heavy atom. The lowest BCUT2D eigenvalue weighted by Crippen LogP contribution is -2.42. The molecule has 0 saturated carbocycles. The summed E-state index contributed by atoms with van der Waals surface area (Å²) >= 11 is 0. The fourth-order valence-corrected chi connectivity index (χ4v) is 4.30. The highest BCUT2D eigenvalue weighted by Crippen LogP contribution is 2.38. The van der Waals surface area contributed by atoms with Gasteiger partial charge < -0.3 is 15.0 Å². The molecular weight excluding hydrogens is 419 g/mol. The summed E-state index contributed by atoms with van der Waals surface area (Å²) in [6.45, 7) is 10.4. The van der Waals surface area contributed by atoms with Crippen LogP contribution in [0.25, 0.3) is 0 Å². The quantitative estimate of drug-likeness (QED) is 0.609. The SMILES string of the molecule is CC[C@H](Oc1ccc2c(c1)[C@H](c1cccc(F)c1)N(C(=O)CC(C)C)CC2)C(=O)NC(C)C. The number of rotatable bonds is 8. The standard InChI is InChI=1S/C27H35FN2O3/c1-6-24(27(32)29-18(4)5)33-22-11-10-19-12-13-30(25(31)14-17(2)3)26(23(19)16-22)20-8-7-9-21(28)15-20/h7-11,15-18,24,26H,6,12-14H2,1-5H3,(H,29,32)/t24-,26-/m0/s1. The van der Waals surface area contributed by atoms with Crippen LogP contribution in [0.1, 0.15) is 70.2 Å². The molecule has 2 amide bonds. The molecule has 0 saturated heterocycles. The third-order valence-corrected chi connectivity index (χ3v) is 5.79. The molecule has 0 aromatic heterocycles. The minimum Gasteiger partial charge on any atom is -0.481 e. The molecule has 5 nitrogen and oxygen atoms in total. The first kappa shape index (κ1) is 24.7. The Morgan fingerprint density at radius 2 is 1.91 bits per heavy atom. The molecule has 0 spiro atoms. The fraction of sp³-hybridized carbons (Fsp3) is 0.481. The number of ether oxygens (including phenoxy) is 1. The number of nitrogens with zero attached hydrogens (tertiary/aromatic N) is 1. The number of hydrogen-bond acceptors (Lipinski definition) is 3. The lowest BCUT2D eigenvalue weighted by Gasteiger charge is -2.38. The summed E-state index contributed by atoms with van der Waals surface area (Å²) in [5, 5.41) is 2.90. The summed E-state index contributed by atoms with van der Waals surface area (Å²) in [5.74, 6) is 0.366. The molecule has 0 radical (unpaired) electrons. The third-order valence-electron chi connectivity index (χ3n) is 5.79. The first-order chi connectivity index (χ1) is 15.7. The number of fused-ring (bicyclic) bond motifs is 1. The van der Waals surface area contributed by atoms with Crippen LogP contribution >= 0.6 is 0 Å². The normalized spacial score (nSPS) is 16.5. The zero-order valence-electron chi connectivity index (χ0n) is 20.2. The van der Waals surface area contributed by atoms with Gasteiger partial charge in [0.2, 0.25) is 5.91 Å². The van der Waals surface area contributed by atoms with Gasteiger partial charge >= 0.3 is 0 Å². The highest BCUT2D eigenvalue weighted by molar-refractivity contribution is 5.81. The molecule has 33 heavy (non-hydrogen) atoms. The Morgan fingerprint density at radius 3 is 2.55 bits per heavy atom. The van der Waals surface area contributed by atoms with Crippen LogP contribution < -0.4 is 10.1 Å². The topological polar surface area (TPSA) is 58.6 Å². The predicted molar refractivity (Wildman–Crippen MR) is 128 cm³/mol. The molecule has 2 atom stereocenters. The van der Waals surface area contributed by atoms with E-state index in [1.54, 1.807) is 6.07 Å². The Bertz CT molecular complexity index is 989. The Hall–Kier alpha value is -2.89. The monoisotopic (exact) mass is 454 g/mol. The van der Waals surface area contributed by atoms with Gasteiger partial charge in [-0.25, -0.2) is 4.39 Å². The van der Waals surface area contributed by atoms with Crippen LogP contribution in [0.2, 0.25) is 0 Å². The average molecular weight is 455 g/mol. The van der Waals surface area contributed by atoms with E-state index in [2.05, 4.69) is 5.32 Å². The molecule has 3 rings (SSSR count). The minimum absolute atomic E-state index is 0.0246. The van der Waals surface area contributed by atoms with E-state index in [4.69, 9.17) is 4.74 Å². The van der Waals surface area contributed by atoms with Gasteiger partial charge in [0, 0.05) is 19.0 Å². The van der Waals surface area contributed by atoms with Gasteiger partial charge in [-0.15, -0.1) is 0 Å². The third kappa shape index (κ3) is 6.12. The van der Waals surface area contributed by atoms with Crippen LogP contribution in [0.4, 0.5) is 4.39 Å². The predicted octanol–water partition coefficient (Wildman–Crippen LogP) is 5.03. The summed E-state index contributed by atoms with van der Waals surface area (Å²) in [6, 6.07) is 11.8.